The van der Waals surface area contributed by atoms with Gasteiger partial charge in [0.1, 0.15) is 0 Å². The lowest BCUT2D eigenvalue weighted by Gasteiger charge is -2.38. The number of hydrogen-bond acceptors (Lipinski definition) is 4. The first-order valence-corrected chi connectivity index (χ1v) is 15.8. The number of aryl methyl sites for hydroxylation is 1. The van der Waals surface area contributed by atoms with Crippen LogP contribution in [-0.2, 0) is 22.4 Å². The Kier molecular flexibility index (Phi) is 11.3. The van der Waals surface area contributed by atoms with Crippen LogP contribution >= 0.6 is 11.8 Å². The topological polar surface area (TPSA) is 73.0 Å². The molecule has 4 amide bonds. The van der Waals surface area contributed by atoms with E-state index in [4.69, 9.17) is 0 Å². The third kappa shape index (κ3) is 8.50. The van der Waals surface area contributed by atoms with Gasteiger partial charge in [-0.15, -0.1) is 11.8 Å². The highest BCUT2D eigenvalue weighted by atomic mass is 32.2. The van der Waals surface area contributed by atoms with Crippen LogP contribution in [0.5, 0.6) is 0 Å². The second kappa shape index (κ2) is 15.1. The number of urea groups is 1. The Hall–Kier alpha value is -3.00. The Bertz CT molecular complexity index is 1100. The Morgan fingerprint density at radius 1 is 1.05 bits per heavy atom. The van der Waals surface area contributed by atoms with Crippen LogP contribution in [0.25, 0.3) is 0 Å². The highest BCUT2D eigenvalue weighted by Gasteiger charge is 2.31. The SMILES string of the molecule is CC(C)CCN(C=O)C(CCc1ccccc1)SCCC(=O)N1CCC(N2CCc3ccccc3NC2=O)CC1. The van der Waals surface area contributed by atoms with Crippen molar-refractivity contribution < 1.29 is 14.4 Å². The summed E-state index contributed by atoms with van der Waals surface area (Å²) >= 11 is 1.72. The minimum absolute atomic E-state index is 0.0372. The van der Waals surface area contributed by atoms with Gasteiger partial charge in [0.25, 0.3) is 0 Å². The number of carbonyl (C=O) groups is 3. The van der Waals surface area contributed by atoms with E-state index >= 15 is 0 Å². The molecule has 2 aliphatic heterocycles. The van der Waals surface area contributed by atoms with E-state index in [-0.39, 0.29) is 23.4 Å². The number of benzene rings is 2. The van der Waals surface area contributed by atoms with E-state index in [0.717, 1.165) is 57.2 Å². The molecule has 1 unspecified atom stereocenters. The number of anilines is 1. The summed E-state index contributed by atoms with van der Waals surface area (Å²) in [5.74, 6) is 1.39. The molecule has 1 atom stereocenters. The normalized spacial score (nSPS) is 16.7. The summed E-state index contributed by atoms with van der Waals surface area (Å²) < 4.78 is 0. The first-order valence-electron chi connectivity index (χ1n) is 14.7. The van der Waals surface area contributed by atoms with Gasteiger partial charge in [0.15, 0.2) is 0 Å². The lowest BCUT2D eigenvalue weighted by atomic mass is 10.0. The maximum atomic E-state index is 13.1. The molecule has 0 spiro atoms. The van der Waals surface area contributed by atoms with Crippen molar-refractivity contribution in [3.63, 3.8) is 0 Å². The van der Waals surface area contributed by atoms with E-state index < -0.39 is 0 Å². The number of para-hydroxylation sites is 1. The molecule has 1 fully saturated rings. The highest BCUT2D eigenvalue weighted by molar-refractivity contribution is 7.99. The first kappa shape index (κ1) is 30.0. The van der Waals surface area contributed by atoms with Gasteiger partial charge in [0.2, 0.25) is 12.3 Å². The van der Waals surface area contributed by atoms with Crippen LogP contribution < -0.4 is 5.32 Å². The van der Waals surface area contributed by atoms with Gasteiger partial charge in [-0.1, -0.05) is 62.4 Å². The lowest BCUT2D eigenvalue weighted by molar-refractivity contribution is -0.132. The van der Waals surface area contributed by atoms with Gasteiger partial charge in [0.05, 0.1) is 5.37 Å². The number of fused-ring (bicyclic) bond motifs is 1. The number of rotatable bonds is 13. The lowest BCUT2D eigenvalue weighted by Crippen LogP contribution is -2.50. The van der Waals surface area contributed by atoms with Gasteiger partial charge in [0, 0.05) is 50.1 Å². The molecule has 2 heterocycles. The van der Waals surface area contributed by atoms with Crippen molar-refractivity contribution in [1.29, 1.82) is 0 Å². The fraction of sp³-hybridized carbons (Fsp3) is 0.531. The van der Waals surface area contributed by atoms with Gasteiger partial charge in [-0.05, 0) is 61.6 Å². The molecule has 4 rings (SSSR count). The van der Waals surface area contributed by atoms with E-state index in [1.807, 2.05) is 51.1 Å². The molecule has 0 aromatic heterocycles. The summed E-state index contributed by atoms with van der Waals surface area (Å²) in [6, 6.07) is 18.5. The third-order valence-electron chi connectivity index (χ3n) is 8.02. The highest BCUT2D eigenvalue weighted by Crippen LogP contribution is 2.26. The molecule has 216 valence electrons. The zero-order chi connectivity index (χ0) is 28.3. The zero-order valence-electron chi connectivity index (χ0n) is 24.0. The van der Waals surface area contributed by atoms with Crippen LogP contribution in [0.4, 0.5) is 10.5 Å². The van der Waals surface area contributed by atoms with Crippen LogP contribution in [0, 0.1) is 5.92 Å². The largest absolute Gasteiger partial charge is 0.343 e. The molecule has 2 aromatic carbocycles. The van der Waals surface area contributed by atoms with Crippen LogP contribution in [0.1, 0.15) is 57.1 Å². The molecule has 0 radical (unpaired) electrons. The van der Waals surface area contributed by atoms with Crippen molar-refractivity contribution >= 4 is 35.8 Å². The van der Waals surface area contributed by atoms with Crippen molar-refractivity contribution in [2.24, 2.45) is 5.92 Å². The minimum atomic E-state index is -0.0372. The first-order chi connectivity index (χ1) is 19.4. The summed E-state index contributed by atoms with van der Waals surface area (Å²) in [6.45, 7) is 7.15. The monoisotopic (exact) mass is 564 g/mol. The van der Waals surface area contributed by atoms with Crippen molar-refractivity contribution in [2.45, 2.75) is 70.2 Å². The number of hydrogen-bond donors (Lipinski definition) is 1. The summed E-state index contributed by atoms with van der Waals surface area (Å²) in [4.78, 5) is 43.8. The molecule has 2 aliphatic rings. The molecule has 2 aromatic rings. The summed E-state index contributed by atoms with van der Waals surface area (Å²) in [6.07, 6.45) is 6.63. The van der Waals surface area contributed by atoms with Crippen molar-refractivity contribution in [1.82, 2.24) is 14.7 Å². The van der Waals surface area contributed by atoms with Gasteiger partial charge >= 0.3 is 6.03 Å². The standard InChI is InChI=1S/C32H44N4O3S/c1-25(2)14-19-35(24-37)31(13-12-26-8-4-3-5-9-26)40-23-18-30(38)34-20-16-28(17-21-34)36-22-15-27-10-6-7-11-29(27)33-32(36)39/h3-11,24-25,28,31H,12-23H2,1-2H3,(H,33,39). The van der Waals surface area contributed by atoms with Crippen molar-refractivity contribution in [3.8, 4) is 0 Å². The van der Waals surface area contributed by atoms with Crippen LogP contribution in [0.2, 0.25) is 0 Å². The minimum Gasteiger partial charge on any atom is -0.343 e. The third-order valence-corrected chi connectivity index (χ3v) is 9.35. The zero-order valence-corrected chi connectivity index (χ0v) is 24.8. The number of carbonyl (C=O) groups excluding carboxylic acids is 3. The van der Waals surface area contributed by atoms with Gasteiger partial charge in [-0.25, -0.2) is 4.79 Å². The predicted molar refractivity (Wildman–Crippen MR) is 163 cm³/mol. The van der Waals surface area contributed by atoms with Gasteiger partial charge in [-0.3, -0.25) is 9.59 Å². The Labute approximate surface area is 243 Å². The van der Waals surface area contributed by atoms with Crippen LogP contribution in [0.15, 0.2) is 54.6 Å². The fourth-order valence-corrected chi connectivity index (χ4v) is 6.75. The van der Waals surface area contributed by atoms with E-state index in [2.05, 4.69) is 37.4 Å². The maximum absolute atomic E-state index is 13.1. The second-order valence-electron chi connectivity index (χ2n) is 11.3. The molecule has 0 aliphatic carbocycles. The van der Waals surface area contributed by atoms with Crippen molar-refractivity contribution in [2.75, 3.05) is 37.2 Å². The molecule has 0 saturated carbocycles. The van der Waals surface area contributed by atoms with E-state index in [0.29, 0.717) is 37.7 Å². The van der Waals surface area contributed by atoms with Gasteiger partial charge in [-0.2, -0.15) is 0 Å². The summed E-state index contributed by atoms with van der Waals surface area (Å²) in [5.41, 5.74) is 3.34. The molecule has 7 nitrogen and oxygen atoms in total. The fourth-order valence-electron chi connectivity index (χ4n) is 5.56. The number of piperidine rings is 1. The number of nitrogens with one attached hydrogen (secondary N) is 1. The van der Waals surface area contributed by atoms with Crippen LogP contribution in [-0.4, -0.2) is 76.4 Å². The quantitative estimate of drug-likeness (QED) is 0.252. The molecule has 40 heavy (non-hydrogen) atoms. The average Bonchev–Trinajstić information content (AvgIpc) is 3.14. The Morgan fingerprint density at radius 3 is 2.50 bits per heavy atom. The second-order valence-corrected chi connectivity index (χ2v) is 12.6. The van der Waals surface area contributed by atoms with Crippen molar-refractivity contribution in [3.05, 3.63) is 65.7 Å². The Morgan fingerprint density at radius 2 is 1.77 bits per heavy atom. The van der Waals surface area contributed by atoms with E-state index in [1.54, 1.807) is 11.8 Å². The molecule has 1 saturated heterocycles. The number of nitrogens with zero attached hydrogens (tertiary/aromatic N) is 3. The molecular formula is C32H44N4O3S. The molecular weight excluding hydrogens is 520 g/mol. The number of amides is 4. The Balaban J connectivity index is 1.25. The molecule has 1 N–H and O–H groups in total. The number of likely N-dealkylation sites (tertiary alicyclic amines) is 1. The maximum Gasteiger partial charge on any atom is 0.322 e. The van der Waals surface area contributed by atoms with Crippen LogP contribution in [0.3, 0.4) is 0 Å². The summed E-state index contributed by atoms with van der Waals surface area (Å²) in [7, 11) is 0. The average molecular weight is 565 g/mol. The molecule has 8 heteroatoms. The number of thioether (sulfide) groups is 1. The van der Waals surface area contributed by atoms with E-state index in [1.165, 1.54) is 11.1 Å². The summed E-state index contributed by atoms with van der Waals surface area (Å²) in [5, 5.41) is 3.12. The van der Waals surface area contributed by atoms with E-state index in [9.17, 15) is 14.4 Å². The smallest absolute Gasteiger partial charge is 0.322 e. The predicted octanol–water partition coefficient (Wildman–Crippen LogP) is 5.65. The van der Waals surface area contributed by atoms with Gasteiger partial charge < -0.3 is 20.0 Å². The molecule has 0 bridgehead atoms.